The van der Waals surface area contributed by atoms with Crippen molar-refractivity contribution in [2.24, 2.45) is 11.7 Å². The number of amides is 1. The summed E-state index contributed by atoms with van der Waals surface area (Å²) in [5.41, 5.74) is 8.18. The molecule has 2 fully saturated rings. The van der Waals surface area contributed by atoms with Crippen LogP contribution < -0.4 is 11.1 Å². The van der Waals surface area contributed by atoms with E-state index < -0.39 is 0 Å². The number of hydrogen-bond donors (Lipinski definition) is 2. The van der Waals surface area contributed by atoms with Gasteiger partial charge in [-0.1, -0.05) is 24.6 Å². The van der Waals surface area contributed by atoms with Crippen molar-refractivity contribution in [3.05, 3.63) is 29.8 Å². The molecular formula is C20H33Cl2N3O2. The van der Waals surface area contributed by atoms with Crippen molar-refractivity contribution in [1.29, 1.82) is 0 Å². The van der Waals surface area contributed by atoms with E-state index in [1.165, 1.54) is 0 Å². The normalized spacial score (nSPS) is 28.1. The molecule has 7 heteroatoms. The maximum Gasteiger partial charge on any atom is 0.224 e. The lowest BCUT2D eigenvalue weighted by Gasteiger charge is -2.35. The smallest absolute Gasteiger partial charge is 0.224 e. The van der Waals surface area contributed by atoms with E-state index in [2.05, 4.69) is 30.1 Å². The summed E-state index contributed by atoms with van der Waals surface area (Å²) in [7, 11) is 0. The van der Waals surface area contributed by atoms with Gasteiger partial charge in [-0.25, -0.2) is 0 Å². The van der Waals surface area contributed by atoms with Gasteiger partial charge in [0.2, 0.25) is 5.91 Å². The van der Waals surface area contributed by atoms with Crippen LogP contribution in [0.1, 0.15) is 45.1 Å². The molecule has 0 bridgehead atoms. The molecule has 1 aromatic carbocycles. The zero-order valence-electron chi connectivity index (χ0n) is 16.2. The predicted molar refractivity (Wildman–Crippen MR) is 115 cm³/mol. The Morgan fingerprint density at radius 1 is 1.19 bits per heavy atom. The SMILES string of the molecule is CC1CN(Cc2ccccc2NC(=O)C[C@@H]2CCC[C@H]2N)CC(C)O1.Cl.Cl. The highest BCUT2D eigenvalue weighted by molar-refractivity contribution is 5.91. The number of para-hydroxylation sites is 1. The lowest BCUT2D eigenvalue weighted by molar-refractivity contribution is -0.117. The van der Waals surface area contributed by atoms with Crippen molar-refractivity contribution in [3.63, 3.8) is 0 Å². The summed E-state index contributed by atoms with van der Waals surface area (Å²) in [6.07, 6.45) is 4.27. The van der Waals surface area contributed by atoms with E-state index in [9.17, 15) is 4.79 Å². The summed E-state index contributed by atoms with van der Waals surface area (Å²) in [6.45, 7) is 6.90. The molecule has 3 N–H and O–H groups in total. The van der Waals surface area contributed by atoms with Crippen LogP contribution in [0.3, 0.4) is 0 Å². The molecule has 0 radical (unpaired) electrons. The number of morpholine rings is 1. The van der Waals surface area contributed by atoms with Crippen molar-refractivity contribution >= 4 is 36.4 Å². The number of halogens is 2. The van der Waals surface area contributed by atoms with E-state index >= 15 is 0 Å². The lowest BCUT2D eigenvalue weighted by Crippen LogP contribution is -2.44. The number of hydrogen-bond acceptors (Lipinski definition) is 4. The molecule has 27 heavy (non-hydrogen) atoms. The van der Waals surface area contributed by atoms with Crippen LogP contribution in [0.4, 0.5) is 5.69 Å². The van der Waals surface area contributed by atoms with Crippen molar-refractivity contribution in [3.8, 4) is 0 Å². The minimum absolute atomic E-state index is 0. The van der Waals surface area contributed by atoms with Crippen LogP contribution >= 0.6 is 24.8 Å². The molecule has 2 unspecified atom stereocenters. The van der Waals surface area contributed by atoms with Crippen LogP contribution in [0.15, 0.2) is 24.3 Å². The molecule has 1 aliphatic heterocycles. The van der Waals surface area contributed by atoms with Gasteiger partial charge in [0, 0.05) is 37.8 Å². The van der Waals surface area contributed by atoms with E-state index in [0.717, 1.165) is 50.1 Å². The zero-order valence-corrected chi connectivity index (χ0v) is 17.9. The van der Waals surface area contributed by atoms with Gasteiger partial charge in [-0.05, 0) is 44.2 Å². The number of carbonyl (C=O) groups is 1. The number of rotatable bonds is 5. The van der Waals surface area contributed by atoms with E-state index in [1.807, 2.05) is 18.2 Å². The fourth-order valence-corrected chi connectivity index (χ4v) is 4.19. The number of nitrogens with two attached hydrogens (primary N) is 1. The number of nitrogens with zero attached hydrogens (tertiary/aromatic N) is 1. The molecule has 1 saturated carbocycles. The van der Waals surface area contributed by atoms with E-state index in [4.69, 9.17) is 10.5 Å². The highest BCUT2D eigenvalue weighted by atomic mass is 35.5. The standard InChI is InChI=1S/C20H31N3O2.2ClH/c1-14-11-23(12-15(2)25-14)13-17-6-3-4-9-19(17)22-20(24)10-16-7-5-8-18(16)21;;/h3-4,6,9,14-16,18H,5,7-8,10-13,21H2,1-2H3,(H,22,24);2*1H/t14?,15?,16-,18+;;/m0../s1. The van der Waals surface area contributed by atoms with Crippen LogP contribution in [0.25, 0.3) is 0 Å². The second-order valence-corrected chi connectivity index (χ2v) is 7.72. The van der Waals surface area contributed by atoms with Gasteiger partial charge < -0.3 is 15.8 Å². The van der Waals surface area contributed by atoms with E-state index in [1.54, 1.807) is 0 Å². The topological polar surface area (TPSA) is 67.6 Å². The number of nitrogens with one attached hydrogen (secondary N) is 1. The molecule has 4 atom stereocenters. The summed E-state index contributed by atoms with van der Waals surface area (Å²) in [5, 5.41) is 3.12. The molecule has 0 spiro atoms. The summed E-state index contributed by atoms with van der Waals surface area (Å²) in [6, 6.07) is 8.28. The lowest BCUT2D eigenvalue weighted by atomic mass is 9.99. The second kappa shape index (κ2) is 11.2. The molecule has 0 aromatic heterocycles. The van der Waals surface area contributed by atoms with E-state index in [0.29, 0.717) is 12.3 Å². The van der Waals surface area contributed by atoms with Gasteiger partial charge in [-0.2, -0.15) is 0 Å². The van der Waals surface area contributed by atoms with Gasteiger partial charge in [-0.3, -0.25) is 9.69 Å². The Labute approximate surface area is 175 Å². The summed E-state index contributed by atoms with van der Waals surface area (Å²) in [4.78, 5) is 14.9. The molecule has 1 aromatic rings. The first-order valence-electron chi connectivity index (χ1n) is 9.52. The molecule has 2 aliphatic rings. The molecule has 1 aliphatic carbocycles. The average Bonchev–Trinajstić information content (AvgIpc) is 2.93. The Bertz CT molecular complexity index is 592. The predicted octanol–water partition coefficient (Wildman–Crippen LogP) is 3.60. The summed E-state index contributed by atoms with van der Waals surface area (Å²) < 4.78 is 5.81. The van der Waals surface area contributed by atoms with Crippen LogP contribution in [0.2, 0.25) is 0 Å². The molecule has 1 heterocycles. The van der Waals surface area contributed by atoms with Gasteiger partial charge in [0.25, 0.3) is 0 Å². The molecule has 5 nitrogen and oxygen atoms in total. The summed E-state index contributed by atoms with van der Waals surface area (Å²) >= 11 is 0. The molecule has 3 rings (SSSR count). The van der Waals surface area contributed by atoms with Gasteiger partial charge in [0.05, 0.1) is 12.2 Å². The first kappa shape index (κ1) is 24.2. The highest BCUT2D eigenvalue weighted by Gasteiger charge is 2.26. The fraction of sp³-hybridized carbons (Fsp3) is 0.650. The zero-order chi connectivity index (χ0) is 17.8. The average molecular weight is 418 g/mol. The third kappa shape index (κ3) is 6.91. The first-order valence-corrected chi connectivity index (χ1v) is 9.52. The Kier molecular flexibility index (Phi) is 10.1. The fourth-order valence-electron chi connectivity index (χ4n) is 4.19. The van der Waals surface area contributed by atoms with Crippen molar-refractivity contribution in [2.45, 2.75) is 64.3 Å². The second-order valence-electron chi connectivity index (χ2n) is 7.72. The van der Waals surface area contributed by atoms with Crippen molar-refractivity contribution < 1.29 is 9.53 Å². The van der Waals surface area contributed by atoms with Crippen LogP contribution in [0, 0.1) is 5.92 Å². The van der Waals surface area contributed by atoms with Crippen LogP contribution in [-0.4, -0.2) is 42.1 Å². The quantitative estimate of drug-likeness (QED) is 0.767. The Morgan fingerprint density at radius 2 is 1.85 bits per heavy atom. The first-order chi connectivity index (χ1) is 12.0. The van der Waals surface area contributed by atoms with Gasteiger partial charge >= 0.3 is 0 Å². The molecule has 154 valence electrons. The Hall–Kier alpha value is -0.850. The number of ether oxygens (including phenoxy) is 1. The molecular weight excluding hydrogens is 385 g/mol. The van der Waals surface area contributed by atoms with Gasteiger partial charge in [-0.15, -0.1) is 24.8 Å². The Morgan fingerprint density at radius 3 is 2.48 bits per heavy atom. The maximum atomic E-state index is 12.5. The molecule has 1 saturated heterocycles. The Balaban J connectivity index is 0.00000182. The van der Waals surface area contributed by atoms with Gasteiger partial charge in [0.1, 0.15) is 0 Å². The highest BCUT2D eigenvalue weighted by Crippen LogP contribution is 2.27. The monoisotopic (exact) mass is 417 g/mol. The minimum Gasteiger partial charge on any atom is -0.373 e. The van der Waals surface area contributed by atoms with Crippen LogP contribution in [-0.2, 0) is 16.1 Å². The third-order valence-corrected chi connectivity index (χ3v) is 5.35. The van der Waals surface area contributed by atoms with E-state index in [-0.39, 0.29) is 49.0 Å². The maximum absolute atomic E-state index is 12.5. The number of carbonyl (C=O) groups excluding carboxylic acids is 1. The van der Waals surface area contributed by atoms with Gasteiger partial charge in [0.15, 0.2) is 0 Å². The largest absolute Gasteiger partial charge is 0.373 e. The van der Waals surface area contributed by atoms with Crippen LogP contribution in [0.5, 0.6) is 0 Å². The van der Waals surface area contributed by atoms with Crippen molar-refractivity contribution in [1.82, 2.24) is 4.90 Å². The number of benzene rings is 1. The number of anilines is 1. The third-order valence-electron chi connectivity index (χ3n) is 5.35. The minimum atomic E-state index is 0. The molecule has 1 amide bonds. The summed E-state index contributed by atoms with van der Waals surface area (Å²) in [5.74, 6) is 0.409. The van der Waals surface area contributed by atoms with Crippen molar-refractivity contribution in [2.75, 3.05) is 18.4 Å².